The van der Waals surface area contributed by atoms with Crippen molar-refractivity contribution in [2.24, 2.45) is 61.9 Å². The van der Waals surface area contributed by atoms with Crippen LogP contribution in [0.2, 0.25) is 5.02 Å². The van der Waals surface area contributed by atoms with Gasteiger partial charge in [-0.3, -0.25) is 37.9 Å². The topological polar surface area (TPSA) is 564 Å². The zero-order chi connectivity index (χ0) is 101. The minimum Gasteiger partial charge on any atom is -0.508 e. The first-order valence-corrected chi connectivity index (χ1v) is 51.6. The van der Waals surface area contributed by atoms with Crippen LogP contribution < -0.4 is 70.6 Å². The van der Waals surface area contributed by atoms with Gasteiger partial charge in [0.1, 0.15) is 101 Å². The predicted octanol–water partition coefficient (Wildman–Crippen LogP) is 25.2. The number of benzene rings is 12. The van der Waals surface area contributed by atoms with Gasteiger partial charge in [-0.15, -0.1) is 102 Å². The summed E-state index contributed by atoms with van der Waals surface area (Å²) in [5, 5.41) is 112. The molecule has 12 aromatic carbocycles. The van der Waals surface area contributed by atoms with Crippen molar-refractivity contribution in [3.8, 4) is 40.2 Å². The van der Waals surface area contributed by atoms with Crippen molar-refractivity contribution in [2.75, 3.05) is 7.11 Å². The highest BCUT2D eigenvalue weighted by Gasteiger charge is 2.17. The summed E-state index contributed by atoms with van der Waals surface area (Å²) in [6.45, 7) is 1.64. The number of nitrogen functional groups attached to an aromatic ring is 7. The van der Waals surface area contributed by atoms with E-state index in [1.807, 2.05) is 255 Å². The van der Waals surface area contributed by atoms with E-state index in [0.717, 1.165) is 155 Å². The van der Waals surface area contributed by atoms with E-state index < -0.39 is 0 Å². The van der Waals surface area contributed by atoms with Gasteiger partial charge in [0.25, 0.3) is 0 Å². The van der Waals surface area contributed by atoms with Gasteiger partial charge < -0.3 is 96.3 Å². The minimum absolute atomic E-state index is 0.0155. The number of phenols is 3. The smallest absolute Gasteiger partial charge is 0.180 e. The second kappa shape index (κ2) is 49.4. The standard InChI is InChI=1S/C16H14N2O2S.2C16H14N2OS.C10H10N2OS.C9H7BrN2OS.C9H7ClN2OS.C9H7IN2S.2C9H8N2OS/c17-16(18-19)15-8-12-6-7-13(9-14(12)21-15)20-10-11-4-2-1-3-5-11;17-16(18)15-9-12-8-13(6-7-14(12)20-15)19-10-11-4-2-1-3-5-11;17-16(18)15-8-12-6-7-13(9-14(12)20-15)19-10-11-4-2-1-3-5-11;1-13-7-2-3-8-6(4-7)5-9(14-8)10(11)12;2*10-8-4-3-7(9(11)12)14-6(4)2-1-5(8)13;10-6-3-1-2-5-4-7(9(11)12)13-8(5)6;10-9(11)8-4-5-3-6(12)1-2-7(5)13-8;10-9(11-12)8-5-6-3-1-2-4-7(6)13-8/h1-9,19H,10H2,(H2,17,18);2*1-9H,10H2,(H3,17,18);2-5H,1H3,(H3,11,12);2*1-3,13H,(H3,11,12);1-4H,(H3,11,12);1-4,12H,(H3,10,11);1-5,12H,(H2,10,11). The highest BCUT2D eigenvalue weighted by Crippen LogP contribution is 2.41. The molecule has 0 aliphatic rings. The zero-order valence-corrected chi connectivity index (χ0v) is 86.6. The third-order valence-corrected chi connectivity index (χ3v) is 33.0. The third-order valence-electron chi connectivity index (χ3n) is 20.2. The highest BCUT2D eigenvalue weighted by atomic mass is 127. The van der Waals surface area contributed by atoms with Crippen LogP contribution in [0.3, 0.4) is 0 Å². The molecule has 27 nitrogen and oxygen atoms in total. The molecule has 142 heavy (non-hydrogen) atoms. The predicted molar refractivity (Wildman–Crippen MR) is 608 cm³/mol. The molecule has 0 saturated carbocycles. The molecule has 0 aliphatic heterocycles. The lowest BCUT2D eigenvalue weighted by atomic mass is 10.2. The number of thiophene rings is 9. The number of oxime groups is 2. The molecule has 21 rings (SSSR count). The molecule has 9 aromatic heterocycles. The number of aromatic hydroxyl groups is 3. The quantitative estimate of drug-likeness (QED) is 0.0118. The number of halogens is 3. The normalized spacial score (nSPS) is 10.9. The maximum Gasteiger partial charge on any atom is 0.180 e. The SMILES string of the molecule is COc1ccc2sc(C(=N)N)cc2c1.N/C(=N\O)c1cc2ccc(OCc3ccccc3)cc2s1.N/C(=N\O)c1cc2ccccc2s1.N=C(N)c1cc2c(Br)c(O)ccc2s1.N=C(N)c1cc2c(Cl)c(O)ccc2s1.N=C(N)c1cc2cc(O)ccc2s1.N=C(N)c1cc2cc(OCc3ccccc3)ccc2s1.N=C(N)c1cc2ccc(OCc3ccccc3)cc2s1.N=C(N)c1cc2cccc(I)c2s1. The van der Waals surface area contributed by atoms with Crippen molar-refractivity contribution in [2.45, 2.75) is 19.8 Å². The fourth-order valence-electron chi connectivity index (χ4n) is 13.1. The number of nitrogens with one attached hydrogen (secondary N) is 7. The Balaban J connectivity index is 0.000000135. The van der Waals surface area contributed by atoms with E-state index in [1.54, 1.807) is 54.8 Å². The van der Waals surface area contributed by atoms with Crippen molar-refractivity contribution >= 4 is 295 Å². The van der Waals surface area contributed by atoms with Gasteiger partial charge in [-0.1, -0.05) is 143 Å². The zero-order valence-electron chi connectivity index (χ0n) is 74.8. The Hall–Kier alpha value is -14.8. The molecule has 9 heterocycles. The summed E-state index contributed by atoms with van der Waals surface area (Å²) in [7, 11) is 1.64. The van der Waals surface area contributed by atoms with Crippen molar-refractivity contribution in [3.05, 3.63) is 377 Å². The summed E-state index contributed by atoms with van der Waals surface area (Å²) in [5.74, 6) is 4.69. The van der Waals surface area contributed by atoms with E-state index in [4.69, 9.17) is 130 Å². The molecule has 720 valence electrons. The monoisotopic (exact) mass is 2250 g/mol. The maximum atomic E-state index is 9.44. The number of phenolic OH excluding ortho intramolecular Hbond substituents is 3. The molecule has 21 aromatic rings. The summed E-state index contributed by atoms with van der Waals surface area (Å²) in [6, 6.07) is 96.5. The van der Waals surface area contributed by atoms with Crippen LogP contribution in [0.25, 0.3) is 90.8 Å². The Morgan fingerprint density at radius 3 is 1.08 bits per heavy atom. The summed E-state index contributed by atoms with van der Waals surface area (Å²) in [4.78, 5) is 6.88. The number of hydrogen-bond donors (Lipinski definition) is 21. The van der Waals surface area contributed by atoms with Gasteiger partial charge in [-0.2, -0.15) is 0 Å². The van der Waals surface area contributed by atoms with Gasteiger partial charge in [0.2, 0.25) is 0 Å². The Labute approximate surface area is 875 Å². The van der Waals surface area contributed by atoms with Gasteiger partial charge in [0.15, 0.2) is 11.7 Å². The molecule has 0 spiro atoms. The molecule has 0 radical (unpaired) electrons. The molecule has 0 atom stereocenters. The first-order valence-electron chi connectivity index (χ1n) is 42.0. The van der Waals surface area contributed by atoms with E-state index in [-0.39, 0.29) is 69.8 Å². The van der Waals surface area contributed by atoms with E-state index in [1.165, 1.54) is 110 Å². The van der Waals surface area contributed by atoms with Crippen LogP contribution in [0, 0.1) is 41.4 Å². The molecule has 0 amide bonds. The summed E-state index contributed by atoms with van der Waals surface area (Å²) >= 11 is 24.9. The molecule has 0 bridgehead atoms. The minimum atomic E-state index is 0.0155. The molecular formula is C103H89BrClIN18O9S9. The lowest BCUT2D eigenvalue weighted by Gasteiger charge is -2.06. The fraction of sp³-hybridized carbons (Fsp3) is 0.0388. The summed E-state index contributed by atoms with van der Waals surface area (Å²) in [5.41, 5.74) is 52.4. The molecule has 0 aliphatic carbocycles. The van der Waals surface area contributed by atoms with E-state index >= 15 is 0 Å². The van der Waals surface area contributed by atoms with Crippen LogP contribution in [0.15, 0.2) is 318 Å². The van der Waals surface area contributed by atoms with Crippen molar-refractivity contribution < 1.29 is 44.7 Å². The second-order valence-electron chi connectivity index (χ2n) is 30.2. The number of rotatable bonds is 19. The molecule has 0 saturated heterocycles. The molecule has 0 fully saturated rings. The van der Waals surface area contributed by atoms with Crippen LogP contribution in [-0.2, 0) is 19.8 Å². The van der Waals surface area contributed by atoms with Crippen molar-refractivity contribution in [3.63, 3.8) is 0 Å². The average molecular weight is 2250 g/mol. The van der Waals surface area contributed by atoms with Crippen LogP contribution >= 0.6 is 152 Å². The van der Waals surface area contributed by atoms with E-state index in [9.17, 15) is 15.3 Å². The Morgan fingerprint density at radius 2 is 0.627 bits per heavy atom. The summed E-state index contributed by atoms with van der Waals surface area (Å²) in [6.07, 6.45) is 0. The van der Waals surface area contributed by atoms with Gasteiger partial charge in [0, 0.05) is 56.6 Å². The number of ether oxygens (including phenoxy) is 4. The first kappa shape index (κ1) is 105. The average Bonchev–Trinajstić information content (AvgIpc) is 1.61. The second-order valence-corrected chi connectivity index (χ2v) is 42.3. The van der Waals surface area contributed by atoms with E-state index in [2.05, 4.69) is 54.9 Å². The number of nitrogens with two attached hydrogens (primary N) is 9. The first-order chi connectivity index (χ1) is 68.2. The number of hydrogen-bond acceptors (Lipinski definition) is 27. The van der Waals surface area contributed by atoms with Crippen LogP contribution in [0.1, 0.15) is 60.6 Å². The number of nitrogens with zero attached hydrogens (tertiary/aromatic N) is 2. The van der Waals surface area contributed by atoms with Crippen LogP contribution in [0.4, 0.5) is 0 Å². The lowest BCUT2D eigenvalue weighted by molar-refractivity contribution is 0.306. The Morgan fingerprint density at radius 1 is 0.310 bits per heavy atom. The Kier molecular flexibility index (Phi) is 36.3. The highest BCUT2D eigenvalue weighted by molar-refractivity contribution is 14.1. The van der Waals surface area contributed by atoms with Crippen LogP contribution in [-0.4, -0.2) is 85.4 Å². The largest absolute Gasteiger partial charge is 0.508 e. The maximum absolute atomic E-state index is 9.44. The Bertz CT molecular complexity index is 7970. The van der Waals surface area contributed by atoms with Crippen LogP contribution in [0.5, 0.6) is 40.2 Å². The van der Waals surface area contributed by atoms with Crippen molar-refractivity contribution in [1.82, 2.24) is 0 Å². The van der Waals surface area contributed by atoms with Gasteiger partial charge in [-0.05, 0) is 275 Å². The fourth-order valence-corrected chi connectivity index (χ4v) is 23.3. The number of fused-ring (bicyclic) bond motifs is 9. The number of amidine groups is 9. The van der Waals surface area contributed by atoms with Crippen molar-refractivity contribution in [1.29, 1.82) is 37.9 Å². The third kappa shape index (κ3) is 28.1. The molecule has 39 heteroatoms. The van der Waals surface area contributed by atoms with Gasteiger partial charge in [-0.25, -0.2) is 0 Å². The summed E-state index contributed by atoms with van der Waals surface area (Å²) < 4.78 is 34.0. The number of methoxy groups -OCH3 is 1. The van der Waals surface area contributed by atoms with Gasteiger partial charge >= 0.3 is 0 Å². The van der Waals surface area contributed by atoms with E-state index in [0.29, 0.717) is 39.1 Å². The molecular weight excluding hydrogens is 2160 g/mol. The lowest BCUT2D eigenvalue weighted by Crippen LogP contribution is -2.10. The molecule has 0 unspecified atom stereocenters. The molecule has 30 N–H and O–H groups in total. The van der Waals surface area contributed by atoms with Gasteiger partial charge in [0.05, 0.1) is 60.5 Å².